The normalized spacial score (nSPS) is 12.6. The molecule has 0 heterocycles. The van der Waals surface area contributed by atoms with Crippen LogP contribution in [0, 0.1) is 0 Å². The van der Waals surface area contributed by atoms with Gasteiger partial charge in [0.05, 0.1) is 15.5 Å². The Kier molecular flexibility index (Phi) is 6.59. The maximum absolute atomic E-state index is 12.3. The first-order valence-corrected chi connectivity index (χ1v) is 12.3. The topological polar surface area (TPSA) is 139 Å². The van der Waals surface area contributed by atoms with E-state index in [2.05, 4.69) is 14.2 Å². The Morgan fingerprint density at radius 1 is 0.778 bits per heavy atom. The van der Waals surface area contributed by atoms with Gasteiger partial charge in [-0.1, -0.05) is 24.3 Å². The van der Waals surface area contributed by atoms with Gasteiger partial charge in [-0.2, -0.15) is 0 Å². The molecule has 2 aromatic carbocycles. The minimum Gasteiger partial charge on any atom is -0.284 e. The lowest BCUT2D eigenvalue weighted by molar-refractivity contribution is 0.581. The quantitative estimate of drug-likeness (QED) is 0.520. The number of sulfonamides is 3. The predicted molar refractivity (Wildman–Crippen MR) is 102 cm³/mol. The van der Waals surface area contributed by atoms with Crippen molar-refractivity contribution in [3.05, 3.63) is 54.6 Å². The highest BCUT2D eigenvalue weighted by molar-refractivity contribution is 7.93. The maximum Gasteiger partial charge on any atom is 0.240 e. The molecule has 148 valence electrons. The lowest BCUT2D eigenvalue weighted by Crippen LogP contribution is -2.31. The Morgan fingerprint density at radius 2 is 1.37 bits per heavy atom. The van der Waals surface area contributed by atoms with Crippen molar-refractivity contribution in [3.63, 3.8) is 0 Å². The summed E-state index contributed by atoms with van der Waals surface area (Å²) in [6.45, 7) is -0.381. The fourth-order valence-electron chi connectivity index (χ4n) is 2.06. The largest absolute Gasteiger partial charge is 0.284 e. The number of rotatable bonds is 9. The van der Waals surface area contributed by atoms with Crippen molar-refractivity contribution in [2.75, 3.05) is 24.1 Å². The zero-order chi connectivity index (χ0) is 20.1. The number of benzene rings is 2. The van der Waals surface area contributed by atoms with Crippen molar-refractivity contribution >= 4 is 35.8 Å². The summed E-state index contributed by atoms with van der Waals surface area (Å²) >= 11 is 0. The lowest BCUT2D eigenvalue weighted by Gasteiger charge is -2.10. The molecular weight excluding hydrogens is 414 g/mol. The van der Waals surface area contributed by atoms with Gasteiger partial charge < -0.3 is 0 Å². The molecule has 0 fully saturated rings. The van der Waals surface area contributed by atoms with E-state index in [0.717, 1.165) is 6.07 Å². The van der Waals surface area contributed by atoms with E-state index in [0.29, 0.717) is 5.69 Å². The Morgan fingerprint density at radius 3 is 1.96 bits per heavy atom. The van der Waals surface area contributed by atoms with Crippen molar-refractivity contribution in [1.82, 2.24) is 9.44 Å². The van der Waals surface area contributed by atoms with Crippen LogP contribution < -0.4 is 14.2 Å². The van der Waals surface area contributed by atoms with Crippen LogP contribution in [0.3, 0.4) is 0 Å². The molecule has 0 saturated carbocycles. The summed E-state index contributed by atoms with van der Waals surface area (Å²) in [6.07, 6.45) is 0. The van der Waals surface area contributed by atoms with Crippen LogP contribution in [0.4, 0.5) is 5.69 Å². The fraction of sp³-hybridized carbons (Fsp3) is 0.200. The molecule has 0 atom stereocenters. The van der Waals surface area contributed by atoms with E-state index >= 15 is 0 Å². The highest BCUT2D eigenvalue weighted by atomic mass is 32.2. The maximum atomic E-state index is 12.3. The van der Waals surface area contributed by atoms with Crippen LogP contribution in [0.15, 0.2) is 64.4 Å². The summed E-state index contributed by atoms with van der Waals surface area (Å²) in [6, 6.07) is 12.9. The van der Waals surface area contributed by atoms with Crippen LogP contribution in [0.2, 0.25) is 0 Å². The average molecular weight is 434 g/mol. The first kappa shape index (κ1) is 21.3. The minimum atomic E-state index is -4.08. The van der Waals surface area contributed by atoms with Crippen LogP contribution in [0.5, 0.6) is 0 Å². The summed E-state index contributed by atoms with van der Waals surface area (Å²) in [5, 5.41) is 0. The van der Waals surface area contributed by atoms with Gasteiger partial charge in [0.2, 0.25) is 30.1 Å². The van der Waals surface area contributed by atoms with E-state index < -0.39 is 35.8 Å². The van der Waals surface area contributed by atoms with Crippen LogP contribution in [-0.2, 0) is 30.1 Å². The highest BCUT2D eigenvalue weighted by Crippen LogP contribution is 2.15. The molecule has 12 heteroatoms. The summed E-state index contributed by atoms with van der Waals surface area (Å²) in [4.78, 5) is -0.501. The van der Waals surface area contributed by atoms with Gasteiger partial charge in [-0.3, -0.25) is 4.72 Å². The van der Waals surface area contributed by atoms with E-state index in [1.807, 2.05) is 0 Å². The van der Waals surface area contributed by atoms with E-state index in [1.165, 1.54) is 25.2 Å². The third-order valence-electron chi connectivity index (χ3n) is 3.40. The predicted octanol–water partition coefficient (Wildman–Crippen LogP) is 0.315. The van der Waals surface area contributed by atoms with E-state index in [9.17, 15) is 25.3 Å². The Labute approximate surface area is 159 Å². The second kappa shape index (κ2) is 8.35. The zero-order valence-electron chi connectivity index (χ0n) is 14.3. The van der Waals surface area contributed by atoms with Crippen LogP contribution in [0.25, 0.3) is 0 Å². The molecule has 9 nitrogen and oxygen atoms in total. The summed E-state index contributed by atoms with van der Waals surface area (Å²) < 4.78 is 78.8. The van der Waals surface area contributed by atoms with Gasteiger partial charge in [0.15, 0.2) is 0 Å². The second-order valence-corrected chi connectivity index (χ2v) is 10.9. The fourth-order valence-corrected chi connectivity index (χ4v) is 5.08. The van der Waals surface area contributed by atoms with E-state index in [4.69, 9.17) is 0 Å². The molecule has 0 radical (unpaired) electrons. The molecule has 0 aliphatic rings. The molecule has 2 rings (SSSR count). The number of para-hydroxylation sites is 1. The zero-order valence-corrected chi connectivity index (χ0v) is 16.7. The Balaban J connectivity index is 2.06. The molecule has 0 amide bonds. The van der Waals surface area contributed by atoms with Crippen LogP contribution in [0.1, 0.15) is 0 Å². The molecule has 0 spiro atoms. The molecule has 0 unspecified atom stereocenters. The second-order valence-electron chi connectivity index (χ2n) is 5.37. The number of nitrogens with one attached hydrogen (secondary N) is 3. The summed E-state index contributed by atoms with van der Waals surface area (Å²) in [5.41, 5.74) is 0.366. The van der Waals surface area contributed by atoms with E-state index in [1.54, 1.807) is 30.3 Å². The van der Waals surface area contributed by atoms with Gasteiger partial charge in [-0.05, 0) is 37.4 Å². The monoisotopic (exact) mass is 433 g/mol. The Hall–Kier alpha value is -1.99. The first-order chi connectivity index (χ1) is 12.6. The number of anilines is 1. The van der Waals surface area contributed by atoms with Crippen molar-refractivity contribution < 1.29 is 25.3 Å². The van der Waals surface area contributed by atoms with Gasteiger partial charge in [-0.15, -0.1) is 0 Å². The van der Waals surface area contributed by atoms with Gasteiger partial charge in [-0.25, -0.2) is 34.7 Å². The molecule has 2 aromatic rings. The summed E-state index contributed by atoms with van der Waals surface area (Å²) in [5.74, 6) is -0.490. The van der Waals surface area contributed by atoms with Crippen molar-refractivity contribution in [3.8, 4) is 0 Å². The standard InChI is InChI=1S/C15H19N3O6S3/c1-16-26(21,22)14-8-5-9-15(12-14)27(23,24)17-10-11-25(19,20)18-13-6-3-2-4-7-13/h2-9,12,16-18H,10-11H2,1H3. The molecule has 0 bridgehead atoms. The molecule has 0 aliphatic carbocycles. The van der Waals surface area contributed by atoms with Gasteiger partial charge in [0.25, 0.3) is 0 Å². The number of hydrogen-bond donors (Lipinski definition) is 3. The lowest BCUT2D eigenvalue weighted by atomic mass is 10.3. The average Bonchev–Trinajstić information content (AvgIpc) is 2.62. The van der Waals surface area contributed by atoms with Gasteiger partial charge in [0, 0.05) is 12.2 Å². The molecule has 27 heavy (non-hydrogen) atoms. The van der Waals surface area contributed by atoms with Crippen LogP contribution in [-0.4, -0.2) is 44.6 Å². The van der Waals surface area contributed by atoms with Crippen molar-refractivity contribution in [2.24, 2.45) is 0 Å². The SMILES string of the molecule is CNS(=O)(=O)c1cccc(S(=O)(=O)NCCS(=O)(=O)Nc2ccccc2)c1. The molecule has 0 saturated heterocycles. The molecule has 0 aromatic heterocycles. The smallest absolute Gasteiger partial charge is 0.240 e. The van der Waals surface area contributed by atoms with E-state index in [-0.39, 0.29) is 16.3 Å². The first-order valence-electron chi connectivity index (χ1n) is 7.64. The summed E-state index contributed by atoms with van der Waals surface area (Å²) in [7, 11) is -10.4. The third-order valence-corrected chi connectivity index (χ3v) is 7.56. The van der Waals surface area contributed by atoms with Crippen molar-refractivity contribution in [1.29, 1.82) is 0 Å². The Bertz CT molecular complexity index is 1100. The third kappa shape index (κ3) is 6.01. The van der Waals surface area contributed by atoms with Crippen molar-refractivity contribution in [2.45, 2.75) is 9.79 Å². The number of hydrogen-bond acceptors (Lipinski definition) is 6. The van der Waals surface area contributed by atoms with Gasteiger partial charge >= 0.3 is 0 Å². The molecule has 0 aliphatic heterocycles. The minimum absolute atomic E-state index is 0.216. The van der Waals surface area contributed by atoms with Crippen LogP contribution >= 0.6 is 0 Å². The molecule has 3 N–H and O–H groups in total. The van der Waals surface area contributed by atoms with Gasteiger partial charge in [0.1, 0.15) is 0 Å². The molecular formula is C15H19N3O6S3. The highest BCUT2D eigenvalue weighted by Gasteiger charge is 2.19.